The molecule has 0 aromatic rings. The number of aliphatic hydroxyl groups is 1. The first-order valence-electron chi connectivity index (χ1n) is 10.8. The smallest absolute Gasteiger partial charge is 0.391 e. The van der Waals surface area contributed by atoms with E-state index in [0.717, 1.165) is 19.3 Å². The van der Waals surface area contributed by atoms with Gasteiger partial charge in [0.1, 0.15) is 0 Å². The van der Waals surface area contributed by atoms with Crippen molar-refractivity contribution in [1.82, 2.24) is 0 Å². The Morgan fingerprint density at radius 1 is 0.960 bits per heavy atom. The highest BCUT2D eigenvalue weighted by Crippen LogP contribution is 2.35. The largest absolute Gasteiger partial charge is 0.469 e. The highest BCUT2D eigenvalue weighted by molar-refractivity contribution is 7.46. The van der Waals surface area contributed by atoms with Gasteiger partial charge in [-0.15, -0.1) is 0 Å². The highest BCUT2D eigenvalue weighted by atomic mass is 31.2. The molecule has 0 aliphatic heterocycles. The van der Waals surface area contributed by atoms with Crippen LogP contribution in [0.1, 0.15) is 99.5 Å². The molecule has 6 nitrogen and oxygen atoms in total. The van der Waals surface area contributed by atoms with Gasteiger partial charge in [0.25, 0.3) is 0 Å². The van der Waals surface area contributed by atoms with E-state index in [9.17, 15) is 9.67 Å². The van der Waals surface area contributed by atoms with Crippen molar-refractivity contribution in [2.24, 2.45) is 5.73 Å². The fraction of sp³-hybridized carbons (Fsp3) is 1.00. The summed E-state index contributed by atoms with van der Waals surface area (Å²) in [7, 11) is -4.65. The van der Waals surface area contributed by atoms with Crippen molar-refractivity contribution in [1.29, 1.82) is 0 Å². The first kappa shape index (κ1) is 21.3. The monoisotopic (exact) mass is 385 g/mol. The molecule has 0 heterocycles. The zero-order chi connectivity index (χ0) is 20.7. The highest BCUT2D eigenvalue weighted by Gasteiger charge is 2.20. The summed E-state index contributed by atoms with van der Waals surface area (Å²) >= 11 is 0. The van der Waals surface area contributed by atoms with Gasteiger partial charge in [-0.2, -0.15) is 0 Å². The fourth-order valence-corrected chi connectivity index (χ4v) is 2.95. The lowest BCUT2D eigenvalue weighted by Crippen LogP contribution is -2.38. The van der Waals surface area contributed by atoms with Gasteiger partial charge in [0.2, 0.25) is 0 Å². The molecule has 0 aromatic heterocycles. The second-order valence-corrected chi connectivity index (χ2v) is 7.93. The molecule has 2 unspecified atom stereocenters. The van der Waals surface area contributed by atoms with Crippen LogP contribution in [0.4, 0.5) is 0 Å². The molecular formula is C18H40NO5P. The molecular weight excluding hydrogens is 341 g/mol. The maximum Gasteiger partial charge on any atom is 0.469 e. The lowest BCUT2D eigenvalue weighted by molar-refractivity contribution is 0.0931. The molecule has 0 radical (unpaired) electrons. The third-order valence-electron chi connectivity index (χ3n) is 4.18. The van der Waals surface area contributed by atoms with Crippen molar-refractivity contribution in [2.75, 3.05) is 6.61 Å². The molecule has 0 amide bonds. The summed E-state index contributed by atoms with van der Waals surface area (Å²) in [4.78, 5) is 17.3. The van der Waals surface area contributed by atoms with E-state index in [4.69, 9.17) is 18.3 Å². The van der Waals surface area contributed by atoms with Gasteiger partial charge in [-0.1, -0.05) is 90.4 Å². The minimum atomic E-state index is -4.65. The van der Waals surface area contributed by atoms with E-state index >= 15 is 0 Å². The van der Waals surface area contributed by atoms with Crippen LogP contribution in [0.5, 0.6) is 0 Å². The van der Waals surface area contributed by atoms with Crippen LogP contribution in [0.2, 0.25) is 0 Å². The Balaban J connectivity index is 3.73. The van der Waals surface area contributed by atoms with E-state index in [1.54, 1.807) is 0 Å². The molecule has 5 N–H and O–H groups in total. The van der Waals surface area contributed by atoms with E-state index < -0.39 is 39.4 Å². The zero-order valence-corrected chi connectivity index (χ0v) is 16.6. The van der Waals surface area contributed by atoms with Crippen LogP contribution in [0.3, 0.4) is 0 Å². The van der Waals surface area contributed by atoms with Crippen molar-refractivity contribution < 1.29 is 26.7 Å². The SMILES string of the molecule is [3H]C(CCCCCCCCCCCCC)C([3H])[C@@H](O)[C@@H](N)COP(=O)(O)O. The van der Waals surface area contributed by atoms with Crippen molar-refractivity contribution in [3.63, 3.8) is 0 Å². The van der Waals surface area contributed by atoms with Crippen molar-refractivity contribution in [2.45, 2.75) is 109 Å². The van der Waals surface area contributed by atoms with Crippen molar-refractivity contribution in [3.8, 4) is 0 Å². The van der Waals surface area contributed by atoms with Crippen LogP contribution in [0, 0.1) is 0 Å². The van der Waals surface area contributed by atoms with Crippen LogP contribution in [-0.4, -0.2) is 33.6 Å². The number of aliphatic hydroxyl groups excluding tert-OH is 1. The molecule has 0 rings (SSSR count). The number of phosphoric acid groups is 1. The molecule has 0 aliphatic rings. The van der Waals surface area contributed by atoms with Gasteiger partial charge in [0, 0.05) is 2.74 Å². The quantitative estimate of drug-likeness (QED) is 0.207. The average Bonchev–Trinajstić information content (AvgIpc) is 2.62. The van der Waals surface area contributed by atoms with Gasteiger partial charge in [-0.25, -0.2) is 4.57 Å². The molecule has 0 aliphatic carbocycles. The van der Waals surface area contributed by atoms with Gasteiger partial charge in [0.15, 0.2) is 0 Å². The topological polar surface area (TPSA) is 113 Å². The second kappa shape index (κ2) is 16.2. The van der Waals surface area contributed by atoms with E-state index in [1.165, 1.54) is 51.4 Å². The average molecular weight is 386 g/mol. The van der Waals surface area contributed by atoms with Crippen LogP contribution < -0.4 is 5.73 Å². The van der Waals surface area contributed by atoms with Crippen molar-refractivity contribution in [3.05, 3.63) is 0 Å². The molecule has 0 spiro atoms. The lowest BCUT2D eigenvalue weighted by atomic mass is 10.0. The summed E-state index contributed by atoms with van der Waals surface area (Å²) in [5.74, 6) is 0. The minimum Gasteiger partial charge on any atom is -0.391 e. The summed E-state index contributed by atoms with van der Waals surface area (Å²) < 4.78 is 30.8. The number of rotatable bonds is 18. The maximum absolute atomic E-state index is 10.6. The zero-order valence-electron chi connectivity index (χ0n) is 17.7. The Morgan fingerprint density at radius 3 is 1.84 bits per heavy atom. The molecule has 25 heavy (non-hydrogen) atoms. The predicted octanol–water partition coefficient (Wildman–Crippen LogP) is 4.27. The Bertz CT molecular complexity index is 400. The van der Waals surface area contributed by atoms with Gasteiger partial charge >= 0.3 is 7.82 Å². The summed E-state index contributed by atoms with van der Waals surface area (Å²) in [5.41, 5.74) is 5.60. The number of hydrogen-bond donors (Lipinski definition) is 4. The van der Waals surface area contributed by atoms with E-state index in [0.29, 0.717) is 6.42 Å². The summed E-state index contributed by atoms with van der Waals surface area (Å²) in [6.45, 7) is 1.67. The van der Waals surface area contributed by atoms with E-state index in [-0.39, 0.29) is 0 Å². The van der Waals surface area contributed by atoms with Crippen LogP contribution in [-0.2, 0) is 9.09 Å². The van der Waals surface area contributed by atoms with Gasteiger partial charge < -0.3 is 20.6 Å². The molecule has 0 saturated heterocycles. The van der Waals surface area contributed by atoms with Gasteiger partial charge in [-0.05, 0) is 6.40 Å². The normalized spacial score (nSPS) is 18.3. The molecule has 0 fully saturated rings. The Morgan fingerprint density at radius 2 is 1.40 bits per heavy atom. The molecule has 152 valence electrons. The molecule has 0 aromatic carbocycles. The maximum atomic E-state index is 10.6. The number of nitrogens with two attached hydrogens (primary N) is 1. The van der Waals surface area contributed by atoms with Gasteiger partial charge in [-0.3, -0.25) is 4.52 Å². The first-order chi connectivity index (χ1) is 12.7. The second-order valence-electron chi connectivity index (χ2n) is 6.69. The van der Waals surface area contributed by atoms with Crippen LogP contribution in [0.25, 0.3) is 0 Å². The fourth-order valence-electron chi connectivity index (χ4n) is 2.59. The molecule has 4 atom stereocenters. The number of unbranched alkanes of at least 4 members (excludes halogenated alkanes) is 10. The predicted molar refractivity (Wildman–Crippen MR) is 102 cm³/mol. The summed E-state index contributed by atoms with van der Waals surface area (Å²) in [6.07, 6.45) is 10.6. The minimum absolute atomic E-state index is 0.508. The summed E-state index contributed by atoms with van der Waals surface area (Å²) in [5, 5.41) is 9.97. The Labute approximate surface area is 156 Å². The Hall–Kier alpha value is 0.0300. The number of hydrogen-bond acceptors (Lipinski definition) is 4. The van der Waals surface area contributed by atoms with Crippen LogP contribution in [0.15, 0.2) is 0 Å². The number of phosphoric ester groups is 1. The third kappa shape index (κ3) is 18.6. The van der Waals surface area contributed by atoms with Gasteiger partial charge in [0.05, 0.1) is 18.8 Å². The Kier molecular flexibility index (Phi) is 13.8. The third-order valence-corrected chi connectivity index (χ3v) is 4.67. The standard InChI is InChI=1S/C18H40NO5P/c1-2-3-4-5-6-7-8-9-10-11-12-13-14-15-18(20)17(19)16-24-25(21,22)23/h17-18,20H,2-16,19H2,1H3,(H2,21,22,23)/t17-,18+/m0/s1/i14T,15T/t14?,15?,17-,18+. The summed E-state index contributed by atoms with van der Waals surface area (Å²) in [6, 6.07) is -1.11. The molecule has 0 saturated carbocycles. The van der Waals surface area contributed by atoms with Crippen molar-refractivity contribution >= 4 is 7.82 Å². The van der Waals surface area contributed by atoms with E-state index in [1.807, 2.05) is 0 Å². The lowest BCUT2D eigenvalue weighted by Gasteiger charge is -2.18. The van der Waals surface area contributed by atoms with Crippen LogP contribution >= 0.6 is 7.82 Å². The molecule has 0 bridgehead atoms. The molecule has 7 heteroatoms. The van der Waals surface area contributed by atoms with E-state index in [2.05, 4.69) is 11.4 Å². The first-order valence-corrected chi connectivity index (χ1v) is 11.2.